The van der Waals surface area contributed by atoms with Crippen molar-refractivity contribution >= 4 is 46.5 Å². The molecule has 0 bridgehead atoms. The number of hydrogen-bond acceptors (Lipinski definition) is 6. The minimum Gasteiger partial charge on any atom is -0.396 e. The van der Waals surface area contributed by atoms with Gasteiger partial charge in [0, 0.05) is 28.8 Å². The third kappa shape index (κ3) is 3.35. The van der Waals surface area contributed by atoms with Crippen LogP contribution in [-0.4, -0.2) is 29.0 Å². The summed E-state index contributed by atoms with van der Waals surface area (Å²) in [6.45, 7) is 0.0490. The number of fused-ring (bicyclic) bond motifs is 1. The van der Waals surface area contributed by atoms with Crippen LogP contribution in [0.4, 0.5) is 0 Å². The number of nitrogens with zero attached hydrogens (tertiary/aromatic N) is 1. The van der Waals surface area contributed by atoms with Gasteiger partial charge in [0.05, 0.1) is 21.4 Å². The summed E-state index contributed by atoms with van der Waals surface area (Å²) in [4.78, 5) is 13.1. The van der Waals surface area contributed by atoms with E-state index in [9.17, 15) is 4.79 Å². The molecule has 0 atom stereocenters. The van der Waals surface area contributed by atoms with Gasteiger partial charge in [0.2, 0.25) is 0 Å². The number of ketones is 1. The number of thioether (sulfide) groups is 1. The summed E-state index contributed by atoms with van der Waals surface area (Å²) in [5.41, 5.74) is 2.34. The van der Waals surface area contributed by atoms with Crippen LogP contribution in [0.3, 0.4) is 0 Å². The minimum atomic E-state index is 0.00845. The standard InChI is InChI=1S/C16H13NO2S3/c18-7-9-20-14-10-13(17-22-15-6-3-8-21-15)11-4-1-2-5-12(11)16(14)19/h1-6,8,10,18H,7,9H2. The average Bonchev–Trinajstić information content (AvgIpc) is 3.07. The third-order valence-corrected chi connectivity index (χ3v) is 5.80. The Hall–Kier alpha value is -1.34. The van der Waals surface area contributed by atoms with Crippen LogP contribution < -0.4 is 0 Å². The van der Waals surface area contributed by atoms with E-state index < -0.39 is 0 Å². The van der Waals surface area contributed by atoms with E-state index in [1.807, 2.05) is 47.9 Å². The van der Waals surface area contributed by atoms with E-state index in [4.69, 9.17) is 5.11 Å². The molecule has 0 amide bonds. The fourth-order valence-electron chi connectivity index (χ4n) is 2.05. The first-order valence-electron chi connectivity index (χ1n) is 6.67. The predicted octanol–water partition coefficient (Wildman–Crippen LogP) is 4.05. The molecule has 0 spiro atoms. The van der Waals surface area contributed by atoms with Gasteiger partial charge in [-0.2, -0.15) is 0 Å². The lowest BCUT2D eigenvalue weighted by Gasteiger charge is -2.16. The molecule has 1 aliphatic rings. The number of allylic oxidation sites excluding steroid dienone is 2. The van der Waals surface area contributed by atoms with Crippen molar-refractivity contribution in [1.82, 2.24) is 0 Å². The van der Waals surface area contributed by atoms with Gasteiger partial charge in [0.15, 0.2) is 5.78 Å². The molecule has 1 aromatic carbocycles. The van der Waals surface area contributed by atoms with Crippen LogP contribution in [0.5, 0.6) is 0 Å². The quantitative estimate of drug-likeness (QED) is 0.829. The van der Waals surface area contributed by atoms with Crippen LogP contribution in [0.25, 0.3) is 0 Å². The number of carbonyl (C=O) groups is 1. The monoisotopic (exact) mass is 347 g/mol. The van der Waals surface area contributed by atoms with Crippen molar-refractivity contribution in [3.8, 4) is 0 Å². The summed E-state index contributed by atoms with van der Waals surface area (Å²) in [7, 11) is 0. The number of carbonyl (C=O) groups excluding carboxylic acids is 1. The lowest BCUT2D eigenvalue weighted by Crippen LogP contribution is -2.16. The molecule has 6 heteroatoms. The van der Waals surface area contributed by atoms with Crippen molar-refractivity contribution in [2.24, 2.45) is 4.40 Å². The van der Waals surface area contributed by atoms with Crippen LogP contribution in [0.2, 0.25) is 0 Å². The molecule has 22 heavy (non-hydrogen) atoms. The maximum Gasteiger partial charge on any atom is 0.200 e. The molecule has 112 valence electrons. The van der Waals surface area contributed by atoms with Crippen molar-refractivity contribution in [2.75, 3.05) is 12.4 Å². The molecule has 0 radical (unpaired) electrons. The van der Waals surface area contributed by atoms with Gasteiger partial charge in [0.25, 0.3) is 0 Å². The number of hydrogen-bond donors (Lipinski definition) is 1. The molecule has 1 N–H and O–H groups in total. The van der Waals surface area contributed by atoms with Gasteiger partial charge < -0.3 is 5.11 Å². The molecular weight excluding hydrogens is 334 g/mol. The Bertz CT molecular complexity index is 736. The maximum atomic E-state index is 12.5. The highest BCUT2D eigenvalue weighted by atomic mass is 32.2. The highest BCUT2D eigenvalue weighted by molar-refractivity contribution is 8.04. The summed E-state index contributed by atoms with van der Waals surface area (Å²) in [5.74, 6) is 0.513. The van der Waals surface area contributed by atoms with Crippen molar-refractivity contribution in [3.05, 3.63) is 63.9 Å². The van der Waals surface area contributed by atoms with E-state index in [-0.39, 0.29) is 12.4 Å². The largest absolute Gasteiger partial charge is 0.396 e. The van der Waals surface area contributed by atoms with Gasteiger partial charge in [-0.1, -0.05) is 30.3 Å². The molecule has 1 heterocycles. The molecular formula is C16H13NO2S3. The number of aliphatic hydroxyl groups excluding tert-OH is 1. The van der Waals surface area contributed by atoms with Gasteiger partial charge in [-0.05, 0) is 17.5 Å². The van der Waals surface area contributed by atoms with E-state index in [1.54, 1.807) is 11.3 Å². The van der Waals surface area contributed by atoms with Crippen molar-refractivity contribution in [1.29, 1.82) is 0 Å². The Balaban J connectivity index is 1.95. The Morgan fingerprint density at radius 2 is 1.95 bits per heavy atom. The first kappa shape index (κ1) is 15.6. The van der Waals surface area contributed by atoms with Crippen LogP contribution in [0.1, 0.15) is 15.9 Å². The van der Waals surface area contributed by atoms with Gasteiger partial charge >= 0.3 is 0 Å². The first-order valence-corrected chi connectivity index (χ1v) is 9.31. The number of benzene rings is 1. The lowest BCUT2D eigenvalue weighted by atomic mass is 9.94. The Morgan fingerprint density at radius 3 is 2.68 bits per heavy atom. The van der Waals surface area contributed by atoms with Gasteiger partial charge in [0.1, 0.15) is 0 Å². The molecule has 3 rings (SSSR count). The molecule has 0 unspecified atom stereocenters. The topological polar surface area (TPSA) is 49.7 Å². The van der Waals surface area contributed by atoms with Crippen molar-refractivity contribution in [3.63, 3.8) is 0 Å². The second-order valence-electron chi connectivity index (χ2n) is 4.46. The molecule has 1 aromatic heterocycles. The number of Topliss-reactive ketones (excluding diaryl/α,β-unsaturated/α-hetero) is 1. The molecule has 0 aliphatic heterocycles. The molecule has 1 aliphatic carbocycles. The van der Waals surface area contributed by atoms with Crippen LogP contribution in [0.15, 0.2) is 61.4 Å². The van der Waals surface area contributed by atoms with Gasteiger partial charge in [-0.25, -0.2) is 4.40 Å². The molecule has 0 saturated carbocycles. The van der Waals surface area contributed by atoms with Crippen molar-refractivity contribution < 1.29 is 9.90 Å². The Kier molecular flexibility index (Phi) is 5.15. The summed E-state index contributed by atoms with van der Waals surface area (Å²) in [6, 6.07) is 11.5. The molecule has 0 fully saturated rings. The second-order valence-corrected chi connectivity index (χ2v) is 7.60. The molecule has 0 saturated heterocycles. The average molecular weight is 347 g/mol. The van der Waals surface area contributed by atoms with Crippen LogP contribution in [0, 0.1) is 0 Å². The third-order valence-electron chi connectivity index (χ3n) is 3.02. The number of aliphatic hydroxyl groups is 1. The van der Waals surface area contributed by atoms with Gasteiger partial charge in [-0.15, -0.1) is 23.1 Å². The fraction of sp³-hybridized carbons (Fsp3) is 0.125. The van der Waals surface area contributed by atoms with Gasteiger partial charge in [-0.3, -0.25) is 4.79 Å². The fourth-order valence-corrected chi connectivity index (χ4v) is 4.18. The van der Waals surface area contributed by atoms with E-state index in [1.165, 1.54) is 23.7 Å². The summed E-state index contributed by atoms with van der Waals surface area (Å²) >= 11 is 4.42. The number of rotatable bonds is 5. The van der Waals surface area contributed by atoms with Crippen molar-refractivity contribution in [2.45, 2.75) is 4.21 Å². The second kappa shape index (κ2) is 7.28. The zero-order chi connectivity index (χ0) is 15.4. The normalized spacial score (nSPS) is 15.8. The molecule has 3 nitrogen and oxygen atoms in total. The predicted molar refractivity (Wildman–Crippen MR) is 95.1 cm³/mol. The molecule has 2 aromatic rings. The van der Waals surface area contributed by atoms with Crippen LogP contribution in [-0.2, 0) is 0 Å². The van der Waals surface area contributed by atoms with E-state index in [0.717, 1.165) is 15.5 Å². The lowest BCUT2D eigenvalue weighted by molar-refractivity contribution is 0.104. The van der Waals surface area contributed by atoms with E-state index in [0.29, 0.717) is 16.2 Å². The summed E-state index contributed by atoms with van der Waals surface area (Å²) < 4.78 is 5.71. The smallest absolute Gasteiger partial charge is 0.200 e. The summed E-state index contributed by atoms with van der Waals surface area (Å²) in [5, 5.41) is 11.0. The maximum absolute atomic E-state index is 12.5. The van der Waals surface area contributed by atoms with E-state index in [2.05, 4.69) is 4.40 Å². The SMILES string of the molecule is O=C1C(SCCO)=CC(=NSc2cccs2)c2ccccc21. The number of thiophene rings is 1. The summed E-state index contributed by atoms with van der Waals surface area (Å²) in [6.07, 6.45) is 1.82. The zero-order valence-electron chi connectivity index (χ0n) is 11.6. The zero-order valence-corrected chi connectivity index (χ0v) is 14.0. The Morgan fingerprint density at radius 1 is 1.14 bits per heavy atom. The highest BCUT2D eigenvalue weighted by Gasteiger charge is 2.24. The highest BCUT2D eigenvalue weighted by Crippen LogP contribution is 2.31. The Labute approximate surface area is 141 Å². The van der Waals surface area contributed by atoms with E-state index >= 15 is 0 Å². The first-order chi connectivity index (χ1) is 10.8. The van der Waals surface area contributed by atoms with Crippen LogP contribution >= 0.6 is 35.0 Å². The minimum absolute atomic E-state index is 0.00845.